The van der Waals surface area contributed by atoms with Crippen LogP contribution in [-0.2, 0) is 4.79 Å². The van der Waals surface area contributed by atoms with Crippen molar-refractivity contribution in [2.24, 2.45) is 0 Å². The maximum absolute atomic E-state index is 10.3. The number of aliphatic hydroxyl groups is 1. The molecule has 58 valence electrons. The number of hydrogen-bond donors (Lipinski definition) is 2. The SMILES string of the molecule is CC(O)(C=O)C1CCCN1. The zero-order chi connectivity index (χ0) is 7.61. The van der Waals surface area contributed by atoms with Crippen molar-refractivity contribution in [1.82, 2.24) is 5.32 Å². The van der Waals surface area contributed by atoms with Crippen LogP contribution in [0, 0.1) is 0 Å². The first kappa shape index (κ1) is 7.69. The Morgan fingerprint density at radius 3 is 2.90 bits per heavy atom. The van der Waals surface area contributed by atoms with Gasteiger partial charge in [0, 0.05) is 6.04 Å². The fraction of sp³-hybridized carbons (Fsp3) is 0.857. The van der Waals surface area contributed by atoms with Gasteiger partial charge in [-0.05, 0) is 26.3 Å². The molecule has 10 heavy (non-hydrogen) atoms. The highest BCUT2D eigenvalue weighted by molar-refractivity contribution is 5.62. The van der Waals surface area contributed by atoms with Crippen LogP contribution in [0.4, 0.5) is 0 Å². The van der Waals surface area contributed by atoms with E-state index in [1.54, 1.807) is 6.92 Å². The first-order chi connectivity index (χ1) is 4.67. The van der Waals surface area contributed by atoms with Crippen LogP contribution >= 0.6 is 0 Å². The van der Waals surface area contributed by atoms with E-state index >= 15 is 0 Å². The average Bonchev–Trinajstić information content (AvgIpc) is 2.38. The number of carbonyl (C=O) groups is 1. The van der Waals surface area contributed by atoms with Crippen LogP contribution in [0.1, 0.15) is 19.8 Å². The number of hydrogen-bond acceptors (Lipinski definition) is 3. The summed E-state index contributed by atoms with van der Waals surface area (Å²) in [5.41, 5.74) is -1.17. The summed E-state index contributed by atoms with van der Waals surface area (Å²) in [6.45, 7) is 2.46. The Bertz CT molecular complexity index is 128. The van der Waals surface area contributed by atoms with Crippen LogP contribution in [0.3, 0.4) is 0 Å². The molecule has 3 heteroatoms. The van der Waals surface area contributed by atoms with Crippen LogP contribution in [0.2, 0.25) is 0 Å². The number of rotatable bonds is 2. The van der Waals surface area contributed by atoms with Gasteiger partial charge in [-0.2, -0.15) is 0 Å². The van der Waals surface area contributed by atoms with E-state index in [-0.39, 0.29) is 6.04 Å². The molecule has 1 aliphatic rings. The second-order valence-corrected chi connectivity index (χ2v) is 2.99. The Morgan fingerprint density at radius 2 is 2.50 bits per heavy atom. The lowest BCUT2D eigenvalue weighted by atomic mass is 9.97. The maximum Gasteiger partial charge on any atom is 0.152 e. The van der Waals surface area contributed by atoms with Gasteiger partial charge in [0.15, 0.2) is 6.29 Å². The molecule has 1 heterocycles. The zero-order valence-electron chi connectivity index (χ0n) is 6.13. The van der Waals surface area contributed by atoms with Crippen LogP contribution in [0.15, 0.2) is 0 Å². The van der Waals surface area contributed by atoms with Crippen molar-refractivity contribution in [2.75, 3.05) is 6.54 Å². The quantitative estimate of drug-likeness (QED) is 0.521. The molecule has 1 saturated heterocycles. The number of nitrogens with one attached hydrogen (secondary N) is 1. The average molecular weight is 143 g/mol. The Hall–Kier alpha value is -0.410. The highest BCUT2D eigenvalue weighted by Crippen LogP contribution is 2.16. The fourth-order valence-corrected chi connectivity index (χ4v) is 1.27. The van der Waals surface area contributed by atoms with Crippen LogP contribution < -0.4 is 5.32 Å². The van der Waals surface area contributed by atoms with Gasteiger partial charge in [-0.1, -0.05) is 0 Å². The highest BCUT2D eigenvalue weighted by atomic mass is 16.3. The lowest BCUT2D eigenvalue weighted by Gasteiger charge is -2.23. The first-order valence-electron chi connectivity index (χ1n) is 3.59. The minimum atomic E-state index is -1.17. The Kier molecular flexibility index (Phi) is 2.06. The Balaban J connectivity index is 2.53. The molecule has 2 N–H and O–H groups in total. The monoisotopic (exact) mass is 143 g/mol. The van der Waals surface area contributed by atoms with E-state index in [0.717, 1.165) is 19.4 Å². The molecule has 2 atom stereocenters. The minimum absolute atomic E-state index is 0.0370. The fourth-order valence-electron chi connectivity index (χ4n) is 1.27. The molecule has 0 spiro atoms. The van der Waals surface area contributed by atoms with Crippen molar-refractivity contribution in [1.29, 1.82) is 0 Å². The third-order valence-corrected chi connectivity index (χ3v) is 2.00. The molecule has 0 bridgehead atoms. The van der Waals surface area contributed by atoms with Gasteiger partial charge in [0.25, 0.3) is 0 Å². The lowest BCUT2D eigenvalue weighted by Crippen LogP contribution is -2.46. The van der Waals surface area contributed by atoms with Gasteiger partial charge in [0.05, 0.1) is 0 Å². The minimum Gasteiger partial charge on any atom is -0.381 e. The van der Waals surface area contributed by atoms with Gasteiger partial charge in [0.2, 0.25) is 0 Å². The third kappa shape index (κ3) is 1.36. The summed E-state index contributed by atoms with van der Waals surface area (Å²) in [6.07, 6.45) is 2.55. The molecule has 0 aromatic rings. The normalized spacial score (nSPS) is 31.6. The first-order valence-corrected chi connectivity index (χ1v) is 3.59. The lowest BCUT2D eigenvalue weighted by molar-refractivity contribution is -0.124. The van der Waals surface area contributed by atoms with E-state index in [1.807, 2.05) is 0 Å². The molecular formula is C7H13NO2. The van der Waals surface area contributed by atoms with Gasteiger partial charge >= 0.3 is 0 Å². The van der Waals surface area contributed by atoms with Crippen molar-refractivity contribution < 1.29 is 9.90 Å². The molecule has 2 unspecified atom stereocenters. The molecule has 0 aliphatic carbocycles. The molecule has 1 aliphatic heterocycles. The summed E-state index contributed by atoms with van der Waals surface area (Å²) in [5, 5.41) is 12.5. The largest absolute Gasteiger partial charge is 0.381 e. The smallest absolute Gasteiger partial charge is 0.152 e. The topological polar surface area (TPSA) is 49.3 Å². The summed E-state index contributed by atoms with van der Waals surface area (Å²) in [4.78, 5) is 10.3. The third-order valence-electron chi connectivity index (χ3n) is 2.00. The van der Waals surface area contributed by atoms with Crippen molar-refractivity contribution in [3.05, 3.63) is 0 Å². The Morgan fingerprint density at radius 1 is 1.80 bits per heavy atom. The van der Waals surface area contributed by atoms with Crippen LogP contribution in [0.25, 0.3) is 0 Å². The molecule has 0 amide bonds. The van der Waals surface area contributed by atoms with Crippen molar-refractivity contribution in [2.45, 2.75) is 31.4 Å². The van der Waals surface area contributed by atoms with E-state index in [9.17, 15) is 9.90 Å². The van der Waals surface area contributed by atoms with E-state index in [0.29, 0.717) is 6.29 Å². The van der Waals surface area contributed by atoms with Gasteiger partial charge < -0.3 is 15.2 Å². The molecule has 1 rings (SSSR count). The van der Waals surface area contributed by atoms with E-state index in [1.165, 1.54) is 0 Å². The summed E-state index contributed by atoms with van der Waals surface area (Å²) in [6, 6.07) is -0.0370. The van der Waals surface area contributed by atoms with Crippen LogP contribution in [-0.4, -0.2) is 29.6 Å². The van der Waals surface area contributed by atoms with Gasteiger partial charge in [-0.15, -0.1) is 0 Å². The predicted octanol–water partition coefficient (Wildman–Crippen LogP) is -0.312. The Labute approximate surface area is 60.4 Å². The number of carbonyl (C=O) groups excluding carboxylic acids is 1. The van der Waals surface area contributed by atoms with Gasteiger partial charge in [-0.25, -0.2) is 0 Å². The predicted molar refractivity (Wildman–Crippen MR) is 37.7 cm³/mol. The number of aldehydes is 1. The van der Waals surface area contributed by atoms with Crippen molar-refractivity contribution in [3.8, 4) is 0 Å². The van der Waals surface area contributed by atoms with Crippen molar-refractivity contribution >= 4 is 6.29 Å². The second-order valence-electron chi connectivity index (χ2n) is 2.99. The standard InChI is InChI=1S/C7H13NO2/c1-7(10,5-9)6-3-2-4-8-6/h5-6,8,10H,2-4H2,1H3. The zero-order valence-corrected chi connectivity index (χ0v) is 6.13. The molecule has 0 aromatic heterocycles. The van der Waals surface area contributed by atoms with Gasteiger partial charge in [-0.3, -0.25) is 0 Å². The van der Waals surface area contributed by atoms with Crippen molar-refractivity contribution in [3.63, 3.8) is 0 Å². The molecule has 1 fully saturated rings. The summed E-state index contributed by atoms with van der Waals surface area (Å²) >= 11 is 0. The summed E-state index contributed by atoms with van der Waals surface area (Å²) in [7, 11) is 0. The molecule has 0 radical (unpaired) electrons. The van der Waals surface area contributed by atoms with E-state index in [2.05, 4.69) is 5.32 Å². The van der Waals surface area contributed by atoms with E-state index in [4.69, 9.17) is 0 Å². The molecule has 3 nitrogen and oxygen atoms in total. The second kappa shape index (κ2) is 2.68. The van der Waals surface area contributed by atoms with Gasteiger partial charge in [0.1, 0.15) is 5.60 Å². The summed E-state index contributed by atoms with van der Waals surface area (Å²) in [5.74, 6) is 0. The summed E-state index contributed by atoms with van der Waals surface area (Å²) < 4.78 is 0. The molecule has 0 aromatic carbocycles. The molecule has 0 saturated carbocycles. The maximum atomic E-state index is 10.3. The molecular weight excluding hydrogens is 130 g/mol. The van der Waals surface area contributed by atoms with E-state index < -0.39 is 5.60 Å². The highest BCUT2D eigenvalue weighted by Gasteiger charge is 2.33. The van der Waals surface area contributed by atoms with Crippen LogP contribution in [0.5, 0.6) is 0 Å².